The third kappa shape index (κ3) is 13.1. The van der Waals surface area contributed by atoms with Gasteiger partial charge in [0, 0.05) is 0 Å². The average Bonchev–Trinajstić information content (AvgIpc) is 2.97. The minimum absolute atomic E-state index is 1.26. The zero-order valence-electron chi connectivity index (χ0n) is 25.2. The zero-order valence-corrected chi connectivity index (χ0v) is 25.2. The molecule has 0 heteroatoms. The van der Waals surface area contributed by atoms with Gasteiger partial charge in [0.1, 0.15) is 0 Å². The van der Waals surface area contributed by atoms with Crippen LogP contribution in [0.15, 0.2) is 97.1 Å². The molecule has 0 radical (unpaired) electrons. The number of hydrogen-bond acceptors (Lipinski definition) is 0. The van der Waals surface area contributed by atoms with E-state index in [0.29, 0.717) is 0 Å². The molecule has 0 amide bonds. The van der Waals surface area contributed by atoms with Crippen molar-refractivity contribution in [2.75, 3.05) is 0 Å². The van der Waals surface area contributed by atoms with E-state index in [-0.39, 0.29) is 0 Å². The summed E-state index contributed by atoms with van der Waals surface area (Å²) in [7, 11) is 0. The molecule has 0 nitrogen and oxygen atoms in total. The van der Waals surface area contributed by atoms with E-state index in [2.05, 4.69) is 119 Å². The van der Waals surface area contributed by atoms with E-state index >= 15 is 0 Å². The van der Waals surface area contributed by atoms with Gasteiger partial charge in [0.15, 0.2) is 0 Å². The molecule has 4 rings (SSSR count). The predicted octanol–water partition coefficient (Wildman–Crippen LogP) is 12.0. The first-order valence-corrected chi connectivity index (χ1v) is 13.8. The molecule has 0 aliphatic rings. The lowest BCUT2D eigenvalue weighted by Gasteiger charge is -2.07. The maximum absolute atomic E-state index is 2.26. The van der Waals surface area contributed by atoms with Gasteiger partial charge in [0.2, 0.25) is 0 Å². The van der Waals surface area contributed by atoms with Crippen LogP contribution in [0.4, 0.5) is 0 Å². The molecule has 0 spiro atoms. The Bertz CT molecular complexity index is 987. The van der Waals surface area contributed by atoms with E-state index in [0.717, 1.165) is 0 Å². The summed E-state index contributed by atoms with van der Waals surface area (Å²) in [5.74, 6) is 0. The summed E-state index contributed by atoms with van der Waals surface area (Å²) in [4.78, 5) is 0. The van der Waals surface area contributed by atoms with Crippen molar-refractivity contribution in [3.63, 3.8) is 0 Å². The predicted molar refractivity (Wildman–Crippen MR) is 168 cm³/mol. The summed E-state index contributed by atoms with van der Waals surface area (Å²) in [6.45, 7) is 24.5. The minimum Gasteiger partial charge on any atom is -0.0683 e. The molecule has 36 heavy (non-hydrogen) atoms. The van der Waals surface area contributed by atoms with Crippen molar-refractivity contribution >= 4 is 0 Å². The van der Waals surface area contributed by atoms with Crippen LogP contribution < -0.4 is 0 Å². The van der Waals surface area contributed by atoms with Gasteiger partial charge < -0.3 is 0 Å². The number of aryl methyl sites for hydroxylation is 4. The lowest BCUT2D eigenvalue weighted by atomic mass is 9.98. The smallest absolute Gasteiger partial charge is 0.0181 e. The van der Waals surface area contributed by atoms with E-state index in [1.807, 2.05) is 61.5 Å². The highest BCUT2D eigenvalue weighted by Crippen LogP contribution is 2.26. The van der Waals surface area contributed by atoms with Crippen molar-refractivity contribution < 1.29 is 0 Å². The maximum atomic E-state index is 2.26. The molecule has 0 saturated heterocycles. The first-order chi connectivity index (χ1) is 17.5. The summed E-state index contributed by atoms with van der Waals surface area (Å²) < 4.78 is 0. The van der Waals surface area contributed by atoms with Gasteiger partial charge in [-0.2, -0.15) is 0 Å². The molecule has 0 aliphatic heterocycles. The lowest BCUT2D eigenvalue weighted by molar-refractivity contribution is 1.34. The van der Waals surface area contributed by atoms with E-state index in [9.17, 15) is 0 Å². The maximum Gasteiger partial charge on any atom is -0.0181 e. The summed E-state index contributed by atoms with van der Waals surface area (Å²) in [6.07, 6.45) is 0. The molecular weight excluding hydrogens is 432 g/mol. The van der Waals surface area contributed by atoms with Crippen LogP contribution in [0.2, 0.25) is 0 Å². The fraction of sp³-hybridized carbons (Fsp3) is 0.333. The largest absolute Gasteiger partial charge is 0.0683 e. The summed E-state index contributed by atoms with van der Waals surface area (Å²) >= 11 is 0. The molecule has 0 unspecified atom stereocenters. The van der Waals surface area contributed by atoms with Crippen molar-refractivity contribution in [1.29, 1.82) is 0 Å². The van der Waals surface area contributed by atoms with Crippen molar-refractivity contribution in [1.82, 2.24) is 0 Å². The summed E-state index contributed by atoms with van der Waals surface area (Å²) in [5.41, 5.74) is 10.4. The molecule has 196 valence electrons. The SMILES string of the molecule is CC.CC.CC.CC.Cc1ccc(-c2ccc(-c3ccccc3)cc2)cc1C.Cc1ccc(C)cc1. The molecule has 0 aliphatic carbocycles. The molecule has 0 bridgehead atoms. The van der Waals surface area contributed by atoms with E-state index in [4.69, 9.17) is 0 Å². The Morgan fingerprint density at radius 1 is 0.306 bits per heavy atom. The Balaban J connectivity index is 0. The second-order valence-electron chi connectivity index (χ2n) is 7.40. The second-order valence-corrected chi connectivity index (χ2v) is 7.40. The Morgan fingerprint density at radius 3 is 1.03 bits per heavy atom. The quantitative estimate of drug-likeness (QED) is 0.265. The standard InChI is InChI=1S/C20H18.C8H10.4C2H6/c1-15-8-9-20(14-16(15)2)19-12-10-18(11-13-19)17-6-4-3-5-7-17;1-7-3-5-8(2)6-4-7;4*1-2/h3-14H,1-2H3;3-6H,1-2H3;4*1-2H3. The van der Waals surface area contributed by atoms with Crippen molar-refractivity contribution in [2.24, 2.45) is 0 Å². The third-order valence-electron chi connectivity index (χ3n) is 5.05. The Hall–Kier alpha value is -3.12. The number of hydrogen-bond donors (Lipinski definition) is 0. The van der Waals surface area contributed by atoms with Crippen LogP contribution in [0.5, 0.6) is 0 Å². The third-order valence-corrected chi connectivity index (χ3v) is 5.05. The fourth-order valence-corrected chi connectivity index (χ4v) is 3.04. The molecule has 0 N–H and O–H groups in total. The van der Waals surface area contributed by atoms with Gasteiger partial charge in [-0.15, -0.1) is 0 Å². The van der Waals surface area contributed by atoms with Gasteiger partial charge in [-0.25, -0.2) is 0 Å². The minimum atomic E-state index is 1.26. The first kappa shape index (κ1) is 35.0. The molecule has 4 aromatic carbocycles. The highest BCUT2D eigenvalue weighted by molar-refractivity contribution is 5.70. The highest BCUT2D eigenvalue weighted by Gasteiger charge is 2.01. The van der Waals surface area contributed by atoms with E-state index in [1.54, 1.807) is 0 Å². The first-order valence-electron chi connectivity index (χ1n) is 13.8. The number of benzene rings is 4. The molecule has 0 fully saturated rings. The normalized spacial score (nSPS) is 8.56. The molecule has 0 heterocycles. The summed E-state index contributed by atoms with van der Waals surface area (Å²) in [6, 6.07) is 34.4. The van der Waals surface area contributed by atoms with Crippen LogP contribution in [0, 0.1) is 27.7 Å². The Kier molecular flexibility index (Phi) is 21.8. The van der Waals surface area contributed by atoms with Gasteiger partial charge in [-0.1, -0.05) is 164 Å². The number of rotatable bonds is 2. The van der Waals surface area contributed by atoms with Gasteiger partial charge in [0.05, 0.1) is 0 Å². The lowest BCUT2D eigenvalue weighted by Crippen LogP contribution is -1.84. The van der Waals surface area contributed by atoms with Gasteiger partial charge in [0.25, 0.3) is 0 Å². The highest BCUT2D eigenvalue weighted by atomic mass is 14.1. The van der Waals surface area contributed by atoms with Crippen molar-refractivity contribution in [3.8, 4) is 22.3 Å². The molecule has 0 saturated carbocycles. The van der Waals surface area contributed by atoms with Gasteiger partial charge in [-0.3, -0.25) is 0 Å². The van der Waals surface area contributed by atoms with Crippen LogP contribution in [0.1, 0.15) is 77.6 Å². The van der Waals surface area contributed by atoms with Crippen molar-refractivity contribution in [3.05, 3.63) is 119 Å². The van der Waals surface area contributed by atoms with Crippen LogP contribution in [0.25, 0.3) is 22.3 Å². The molecule has 4 aromatic rings. The van der Waals surface area contributed by atoms with Crippen LogP contribution in [0.3, 0.4) is 0 Å². The van der Waals surface area contributed by atoms with Crippen LogP contribution >= 0.6 is 0 Å². The monoisotopic (exact) mass is 484 g/mol. The zero-order chi connectivity index (χ0) is 27.9. The van der Waals surface area contributed by atoms with Gasteiger partial charge in [-0.05, 0) is 61.1 Å². The van der Waals surface area contributed by atoms with Crippen LogP contribution in [-0.4, -0.2) is 0 Å². The summed E-state index contributed by atoms with van der Waals surface area (Å²) in [5, 5.41) is 0. The molecular formula is C36H52. The van der Waals surface area contributed by atoms with Crippen LogP contribution in [-0.2, 0) is 0 Å². The fourth-order valence-electron chi connectivity index (χ4n) is 3.04. The van der Waals surface area contributed by atoms with E-state index in [1.165, 1.54) is 44.5 Å². The Morgan fingerprint density at radius 2 is 0.639 bits per heavy atom. The van der Waals surface area contributed by atoms with Crippen molar-refractivity contribution in [2.45, 2.75) is 83.1 Å². The van der Waals surface area contributed by atoms with E-state index < -0.39 is 0 Å². The Labute approximate surface area is 224 Å². The second kappa shape index (κ2) is 22.4. The average molecular weight is 485 g/mol. The molecule has 0 aromatic heterocycles. The van der Waals surface area contributed by atoms with Gasteiger partial charge >= 0.3 is 0 Å². The topological polar surface area (TPSA) is 0 Å². The molecule has 0 atom stereocenters.